The Kier molecular flexibility index (Phi) is 10.1. The van der Waals surface area contributed by atoms with Gasteiger partial charge in [0, 0.05) is 20.0 Å². The van der Waals surface area contributed by atoms with Crippen molar-refractivity contribution in [3.05, 3.63) is 48.0 Å². The Labute approximate surface area is 179 Å². The smallest absolute Gasteiger partial charge is 0.242 e. The van der Waals surface area contributed by atoms with E-state index in [1.807, 2.05) is 43.3 Å². The van der Waals surface area contributed by atoms with Gasteiger partial charge in [-0.3, -0.25) is 14.4 Å². The number of rotatable bonds is 4. The molecule has 0 unspecified atom stereocenters. The van der Waals surface area contributed by atoms with E-state index in [9.17, 15) is 14.4 Å². The minimum atomic E-state index is -0.690. The molecule has 2 atom stereocenters. The molecule has 7 heteroatoms. The van der Waals surface area contributed by atoms with Gasteiger partial charge in [0.05, 0.1) is 12.6 Å². The summed E-state index contributed by atoms with van der Waals surface area (Å²) in [5, 5.41) is 9.01. The maximum atomic E-state index is 12.8. The van der Waals surface area contributed by atoms with Gasteiger partial charge in [-0.05, 0) is 31.4 Å². The van der Waals surface area contributed by atoms with Crippen molar-refractivity contribution in [2.24, 2.45) is 0 Å². The normalized spacial score (nSPS) is 23.5. The highest BCUT2D eigenvalue weighted by Crippen LogP contribution is 2.05. The zero-order chi connectivity index (χ0) is 21.8. The Morgan fingerprint density at radius 2 is 1.70 bits per heavy atom. The summed E-state index contributed by atoms with van der Waals surface area (Å²) in [4.78, 5) is 39.6. The van der Waals surface area contributed by atoms with Gasteiger partial charge in [-0.25, -0.2) is 0 Å². The number of hydrogen-bond acceptors (Lipinski definition) is 4. The molecule has 1 aliphatic heterocycles. The van der Waals surface area contributed by atoms with Gasteiger partial charge >= 0.3 is 0 Å². The van der Waals surface area contributed by atoms with E-state index < -0.39 is 6.04 Å². The lowest BCUT2D eigenvalue weighted by Crippen LogP contribution is -2.52. The molecule has 0 aromatic heterocycles. The number of benzene rings is 1. The monoisotopic (exact) mass is 414 g/mol. The molecular formula is C23H34N4O3. The van der Waals surface area contributed by atoms with Crippen LogP contribution in [0.5, 0.6) is 0 Å². The third kappa shape index (κ3) is 7.99. The molecule has 30 heavy (non-hydrogen) atoms. The van der Waals surface area contributed by atoms with Crippen molar-refractivity contribution in [3.63, 3.8) is 0 Å². The molecule has 0 radical (unpaired) electrons. The van der Waals surface area contributed by atoms with Crippen molar-refractivity contribution in [2.45, 2.75) is 51.1 Å². The second-order valence-electron chi connectivity index (χ2n) is 7.64. The minimum absolute atomic E-state index is 0.0841. The van der Waals surface area contributed by atoms with Gasteiger partial charge in [0.15, 0.2) is 0 Å². The largest absolute Gasteiger partial charge is 0.354 e. The Morgan fingerprint density at radius 1 is 1.00 bits per heavy atom. The molecule has 3 amide bonds. The third-order valence-corrected chi connectivity index (χ3v) is 5.05. The standard InChI is InChI=1S/C23H34N4O3/c1-3-11-19-23(30)27(2)17-21(28)26-20(16-18-12-7-6-8-13-18)22(29)25-15-10-5-4-9-14-24-19/h4-8,12-13,19-20,24H,3,9-11,14-17H2,1-2H3,(H,25,29)(H,26,28)/b5-4-/t19-,20+/m0/s1. The van der Waals surface area contributed by atoms with Crippen molar-refractivity contribution < 1.29 is 14.4 Å². The lowest BCUT2D eigenvalue weighted by molar-refractivity contribution is -0.137. The van der Waals surface area contributed by atoms with E-state index in [1.165, 1.54) is 4.90 Å². The fraction of sp³-hybridized carbons (Fsp3) is 0.522. The van der Waals surface area contributed by atoms with Gasteiger partial charge in [-0.15, -0.1) is 0 Å². The van der Waals surface area contributed by atoms with Gasteiger partial charge < -0.3 is 20.9 Å². The summed E-state index contributed by atoms with van der Waals surface area (Å²) in [6.07, 6.45) is 7.60. The molecule has 1 aromatic carbocycles. The van der Waals surface area contributed by atoms with Crippen molar-refractivity contribution in [1.29, 1.82) is 0 Å². The molecule has 1 aliphatic rings. The van der Waals surface area contributed by atoms with Crippen molar-refractivity contribution in [2.75, 3.05) is 26.7 Å². The Hall–Kier alpha value is -2.67. The Balaban J connectivity index is 2.13. The number of carbonyl (C=O) groups excluding carboxylic acids is 3. The molecule has 0 bridgehead atoms. The molecule has 3 N–H and O–H groups in total. The number of nitrogens with zero attached hydrogens (tertiary/aromatic N) is 1. The van der Waals surface area contributed by atoms with Crippen molar-refractivity contribution in [3.8, 4) is 0 Å². The molecular weight excluding hydrogens is 380 g/mol. The van der Waals surface area contributed by atoms with E-state index >= 15 is 0 Å². The van der Waals surface area contributed by atoms with E-state index in [0.29, 0.717) is 25.9 Å². The average Bonchev–Trinajstić information content (AvgIpc) is 2.73. The van der Waals surface area contributed by atoms with E-state index in [4.69, 9.17) is 0 Å². The summed E-state index contributed by atoms with van der Waals surface area (Å²) < 4.78 is 0. The predicted octanol–water partition coefficient (Wildman–Crippen LogP) is 1.40. The highest BCUT2D eigenvalue weighted by atomic mass is 16.2. The van der Waals surface area contributed by atoms with Crippen LogP contribution in [-0.2, 0) is 20.8 Å². The topological polar surface area (TPSA) is 90.5 Å². The van der Waals surface area contributed by atoms with Crippen LogP contribution in [0.2, 0.25) is 0 Å². The number of carbonyl (C=O) groups is 3. The average molecular weight is 415 g/mol. The van der Waals surface area contributed by atoms with Crippen LogP contribution in [0.15, 0.2) is 42.5 Å². The van der Waals surface area contributed by atoms with Crippen LogP contribution in [0.25, 0.3) is 0 Å². The molecule has 0 fully saturated rings. The van der Waals surface area contributed by atoms with E-state index in [-0.39, 0.29) is 30.3 Å². The van der Waals surface area contributed by atoms with E-state index in [0.717, 1.165) is 24.8 Å². The molecule has 0 spiro atoms. The fourth-order valence-corrected chi connectivity index (χ4v) is 3.44. The van der Waals surface area contributed by atoms with Gasteiger partial charge in [0.1, 0.15) is 6.04 Å². The van der Waals surface area contributed by atoms with Crippen LogP contribution in [0.4, 0.5) is 0 Å². The van der Waals surface area contributed by atoms with Gasteiger partial charge in [0.25, 0.3) is 0 Å². The first-order chi connectivity index (χ1) is 14.5. The summed E-state index contributed by atoms with van der Waals surface area (Å²) >= 11 is 0. The van der Waals surface area contributed by atoms with Crippen LogP contribution in [-0.4, -0.2) is 61.4 Å². The van der Waals surface area contributed by atoms with Gasteiger partial charge in [0.2, 0.25) is 17.7 Å². The number of likely N-dealkylation sites (N-methyl/N-ethyl adjacent to an activating group) is 1. The maximum Gasteiger partial charge on any atom is 0.242 e. The maximum absolute atomic E-state index is 12.8. The SMILES string of the molecule is CCC[C@@H]1NCC/C=C\CCNC(=O)[C@@H](Cc2ccccc2)NC(=O)CN(C)C1=O. The van der Waals surface area contributed by atoms with Gasteiger partial charge in [-0.1, -0.05) is 55.8 Å². The second-order valence-corrected chi connectivity index (χ2v) is 7.64. The quantitative estimate of drug-likeness (QED) is 0.650. The molecule has 1 aromatic rings. The minimum Gasteiger partial charge on any atom is -0.354 e. The molecule has 0 saturated carbocycles. The first kappa shape index (κ1) is 23.6. The van der Waals surface area contributed by atoms with Crippen LogP contribution in [0.1, 0.15) is 38.2 Å². The predicted molar refractivity (Wildman–Crippen MR) is 118 cm³/mol. The van der Waals surface area contributed by atoms with Crippen LogP contribution >= 0.6 is 0 Å². The van der Waals surface area contributed by atoms with Crippen LogP contribution < -0.4 is 16.0 Å². The molecule has 0 saturated heterocycles. The fourth-order valence-electron chi connectivity index (χ4n) is 3.44. The Bertz CT molecular complexity index is 720. The summed E-state index contributed by atoms with van der Waals surface area (Å²) in [7, 11) is 1.63. The molecule has 7 nitrogen and oxygen atoms in total. The summed E-state index contributed by atoms with van der Waals surface area (Å²) in [6.45, 7) is 3.16. The molecule has 0 aliphatic carbocycles. The van der Waals surface area contributed by atoms with Crippen molar-refractivity contribution in [1.82, 2.24) is 20.9 Å². The highest BCUT2D eigenvalue weighted by molar-refractivity contribution is 5.91. The zero-order valence-electron chi connectivity index (χ0n) is 18.0. The first-order valence-electron chi connectivity index (χ1n) is 10.8. The second kappa shape index (κ2) is 12.8. The third-order valence-electron chi connectivity index (χ3n) is 5.05. The Morgan fingerprint density at radius 3 is 2.40 bits per heavy atom. The first-order valence-corrected chi connectivity index (χ1v) is 10.8. The summed E-state index contributed by atoms with van der Waals surface area (Å²) in [5.41, 5.74) is 0.962. The highest BCUT2D eigenvalue weighted by Gasteiger charge is 2.25. The van der Waals surface area contributed by atoms with E-state index in [2.05, 4.69) is 22.0 Å². The van der Waals surface area contributed by atoms with E-state index in [1.54, 1.807) is 7.05 Å². The molecule has 2 rings (SSSR count). The van der Waals surface area contributed by atoms with Gasteiger partial charge in [-0.2, -0.15) is 0 Å². The lowest BCUT2D eigenvalue weighted by Gasteiger charge is -2.25. The summed E-state index contributed by atoms with van der Waals surface area (Å²) in [5.74, 6) is -0.663. The van der Waals surface area contributed by atoms with Crippen molar-refractivity contribution >= 4 is 17.7 Å². The number of hydrogen-bond donors (Lipinski definition) is 3. The zero-order valence-corrected chi connectivity index (χ0v) is 18.0. The summed E-state index contributed by atoms with van der Waals surface area (Å²) in [6, 6.07) is 8.58. The molecule has 164 valence electrons. The van der Waals surface area contributed by atoms with Crippen LogP contribution in [0, 0.1) is 0 Å². The lowest BCUT2D eigenvalue weighted by atomic mass is 10.0. The van der Waals surface area contributed by atoms with Crippen LogP contribution in [0.3, 0.4) is 0 Å². The number of amides is 3. The molecule has 1 heterocycles. The number of nitrogens with one attached hydrogen (secondary N) is 3.